The van der Waals surface area contributed by atoms with Gasteiger partial charge in [-0.05, 0) is 46.2 Å². The molecule has 1 N–H and O–H groups in total. The van der Waals surface area contributed by atoms with Gasteiger partial charge in [0.1, 0.15) is 5.00 Å². The minimum atomic E-state index is -0.400. The van der Waals surface area contributed by atoms with E-state index in [4.69, 9.17) is 4.74 Å². The standard InChI is InChI=1S/C18H23N3O3S2/c1-6-24-17(23)15-12(4)13(5)26-16(15)21-14(22)7-8-25-18-19-10(2)9-11(3)20-18/h9H,6-8H2,1-5H3,(H,21,22). The lowest BCUT2D eigenvalue weighted by molar-refractivity contribution is -0.115. The van der Waals surface area contributed by atoms with Gasteiger partial charge < -0.3 is 10.1 Å². The Balaban J connectivity index is 1.97. The highest BCUT2D eigenvalue weighted by molar-refractivity contribution is 7.99. The van der Waals surface area contributed by atoms with Crippen LogP contribution in [0.5, 0.6) is 0 Å². The van der Waals surface area contributed by atoms with E-state index >= 15 is 0 Å². The highest BCUT2D eigenvalue weighted by Crippen LogP contribution is 2.33. The number of anilines is 1. The number of aryl methyl sites for hydroxylation is 3. The van der Waals surface area contributed by atoms with Crippen molar-refractivity contribution in [1.82, 2.24) is 9.97 Å². The van der Waals surface area contributed by atoms with Gasteiger partial charge in [0.25, 0.3) is 0 Å². The van der Waals surface area contributed by atoms with Crippen LogP contribution in [0.15, 0.2) is 11.2 Å². The van der Waals surface area contributed by atoms with Gasteiger partial charge in [0.2, 0.25) is 5.91 Å². The van der Waals surface area contributed by atoms with E-state index in [0.29, 0.717) is 34.5 Å². The average Bonchev–Trinajstić information content (AvgIpc) is 2.80. The maximum atomic E-state index is 12.3. The van der Waals surface area contributed by atoms with E-state index in [1.54, 1.807) is 6.92 Å². The van der Waals surface area contributed by atoms with Crippen LogP contribution in [-0.2, 0) is 9.53 Å². The summed E-state index contributed by atoms with van der Waals surface area (Å²) in [6.45, 7) is 9.68. The minimum Gasteiger partial charge on any atom is -0.462 e. The molecule has 0 unspecified atom stereocenters. The summed E-state index contributed by atoms with van der Waals surface area (Å²) >= 11 is 2.84. The number of aromatic nitrogens is 2. The van der Waals surface area contributed by atoms with E-state index in [1.165, 1.54) is 23.1 Å². The van der Waals surface area contributed by atoms with Crippen LogP contribution in [0.2, 0.25) is 0 Å². The molecule has 0 fully saturated rings. The quantitative estimate of drug-likeness (QED) is 0.434. The summed E-state index contributed by atoms with van der Waals surface area (Å²) in [5, 5.41) is 4.07. The summed E-state index contributed by atoms with van der Waals surface area (Å²) in [6, 6.07) is 1.91. The molecule has 0 saturated carbocycles. The summed E-state index contributed by atoms with van der Waals surface area (Å²) in [5.74, 6) is 0.0172. The second-order valence-electron chi connectivity index (χ2n) is 5.79. The normalized spacial score (nSPS) is 10.7. The van der Waals surface area contributed by atoms with Crippen LogP contribution in [0.3, 0.4) is 0 Å². The van der Waals surface area contributed by atoms with Crippen molar-refractivity contribution in [3.05, 3.63) is 33.5 Å². The van der Waals surface area contributed by atoms with Crippen molar-refractivity contribution in [1.29, 1.82) is 0 Å². The Morgan fingerprint density at radius 1 is 1.19 bits per heavy atom. The molecule has 0 bridgehead atoms. The molecule has 2 rings (SSSR count). The predicted octanol–water partition coefficient (Wildman–Crippen LogP) is 4.07. The zero-order valence-corrected chi connectivity index (χ0v) is 17.3. The number of rotatable bonds is 7. The molecule has 1 amide bonds. The number of hydrogen-bond acceptors (Lipinski definition) is 7. The molecule has 0 saturated heterocycles. The number of nitrogens with one attached hydrogen (secondary N) is 1. The van der Waals surface area contributed by atoms with Crippen molar-refractivity contribution < 1.29 is 14.3 Å². The van der Waals surface area contributed by atoms with Crippen molar-refractivity contribution in [3.8, 4) is 0 Å². The van der Waals surface area contributed by atoms with E-state index in [9.17, 15) is 9.59 Å². The number of carbonyl (C=O) groups excluding carboxylic acids is 2. The maximum absolute atomic E-state index is 12.3. The molecule has 6 nitrogen and oxygen atoms in total. The zero-order valence-electron chi connectivity index (χ0n) is 15.6. The first-order valence-corrected chi connectivity index (χ1v) is 10.1. The van der Waals surface area contributed by atoms with Gasteiger partial charge in [-0.3, -0.25) is 4.79 Å². The number of nitrogens with zero attached hydrogens (tertiary/aromatic N) is 2. The number of amides is 1. The van der Waals surface area contributed by atoms with Gasteiger partial charge in [0.05, 0.1) is 12.2 Å². The second kappa shape index (κ2) is 9.14. The Kier molecular flexibility index (Phi) is 7.16. The van der Waals surface area contributed by atoms with Crippen molar-refractivity contribution in [2.24, 2.45) is 0 Å². The molecule has 0 atom stereocenters. The van der Waals surface area contributed by atoms with Crippen molar-refractivity contribution in [2.45, 2.75) is 46.2 Å². The molecule has 0 aliphatic rings. The largest absolute Gasteiger partial charge is 0.462 e. The molecule has 0 spiro atoms. The molecule has 26 heavy (non-hydrogen) atoms. The lowest BCUT2D eigenvalue weighted by atomic mass is 10.1. The summed E-state index contributed by atoms with van der Waals surface area (Å²) in [4.78, 5) is 34.1. The molecular weight excluding hydrogens is 370 g/mol. The predicted molar refractivity (Wildman–Crippen MR) is 105 cm³/mol. The molecule has 2 aromatic heterocycles. The van der Waals surface area contributed by atoms with Gasteiger partial charge in [0, 0.05) is 28.4 Å². The van der Waals surface area contributed by atoms with E-state index in [1.807, 2.05) is 33.8 Å². The van der Waals surface area contributed by atoms with Crippen LogP contribution in [0, 0.1) is 27.7 Å². The van der Waals surface area contributed by atoms with Crippen molar-refractivity contribution >= 4 is 40.0 Å². The number of carbonyl (C=O) groups is 2. The average molecular weight is 394 g/mol. The Hall–Kier alpha value is -1.93. The second-order valence-corrected chi connectivity index (χ2v) is 8.07. The lowest BCUT2D eigenvalue weighted by Gasteiger charge is -2.07. The van der Waals surface area contributed by atoms with Crippen LogP contribution in [0.1, 0.15) is 45.5 Å². The first kappa shape index (κ1) is 20.4. The summed E-state index contributed by atoms with van der Waals surface area (Å²) in [6.07, 6.45) is 0.305. The topological polar surface area (TPSA) is 81.2 Å². The summed E-state index contributed by atoms with van der Waals surface area (Å²) < 4.78 is 5.10. The molecule has 0 aliphatic carbocycles. The Labute approximate surface area is 161 Å². The third-order valence-electron chi connectivity index (χ3n) is 3.64. The fourth-order valence-electron chi connectivity index (χ4n) is 2.35. The number of esters is 1. The molecule has 8 heteroatoms. The Morgan fingerprint density at radius 3 is 2.46 bits per heavy atom. The van der Waals surface area contributed by atoms with Crippen LogP contribution >= 0.6 is 23.1 Å². The first-order chi connectivity index (χ1) is 12.3. The van der Waals surface area contributed by atoms with E-state index < -0.39 is 5.97 Å². The molecule has 2 aromatic rings. The van der Waals surface area contributed by atoms with Crippen LogP contribution in [0.25, 0.3) is 0 Å². The zero-order chi connectivity index (χ0) is 19.3. The van der Waals surface area contributed by atoms with E-state index in [2.05, 4.69) is 15.3 Å². The van der Waals surface area contributed by atoms with Crippen LogP contribution < -0.4 is 5.32 Å². The molecule has 2 heterocycles. The van der Waals surface area contributed by atoms with Crippen molar-refractivity contribution in [2.75, 3.05) is 17.7 Å². The summed E-state index contributed by atoms with van der Waals surface area (Å²) in [7, 11) is 0. The maximum Gasteiger partial charge on any atom is 0.341 e. The first-order valence-electron chi connectivity index (χ1n) is 8.33. The highest BCUT2D eigenvalue weighted by atomic mass is 32.2. The van der Waals surface area contributed by atoms with Gasteiger partial charge in [0.15, 0.2) is 5.16 Å². The number of hydrogen-bond donors (Lipinski definition) is 1. The number of thioether (sulfide) groups is 1. The Bertz CT molecular complexity index is 798. The summed E-state index contributed by atoms with van der Waals surface area (Å²) in [5.41, 5.74) is 3.12. The SMILES string of the molecule is CCOC(=O)c1c(NC(=O)CCSc2nc(C)cc(C)n2)sc(C)c1C. The minimum absolute atomic E-state index is 0.145. The molecule has 0 radical (unpaired) electrons. The molecule has 0 aromatic carbocycles. The number of thiophene rings is 1. The third-order valence-corrected chi connectivity index (χ3v) is 5.61. The van der Waals surface area contributed by atoms with Crippen molar-refractivity contribution in [3.63, 3.8) is 0 Å². The fourth-order valence-corrected chi connectivity index (χ4v) is 4.30. The van der Waals surface area contributed by atoms with Gasteiger partial charge in [-0.25, -0.2) is 14.8 Å². The highest BCUT2D eigenvalue weighted by Gasteiger charge is 2.21. The third kappa shape index (κ3) is 5.28. The smallest absolute Gasteiger partial charge is 0.341 e. The van der Waals surface area contributed by atoms with E-state index in [-0.39, 0.29) is 5.91 Å². The van der Waals surface area contributed by atoms with Crippen LogP contribution in [0.4, 0.5) is 5.00 Å². The van der Waals surface area contributed by atoms with Gasteiger partial charge in [-0.15, -0.1) is 11.3 Å². The van der Waals surface area contributed by atoms with Gasteiger partial charge in [-0.1, -0.05) is 11.8 Å². The fraction of sp³-hybridized carbons (Fsp3) is 0.444. The Morgan fingerprint density at radius 2 is 1.85 bits per heavy atom. The number of ether oxygens (including phenoxy) is 1. The van der Waals surface area contributed by atoms with Gasteiger partial charge in [-0.2, -0.15) is 0 Å². The van der Waals surface area contributed by atoms with Gasteiger partial charge >= 0.3 is 5.97 Å². The monoisotopic (exact) mass is 393 g/mol. The molecule has 140 valence electrons. The van der Waals surface area contributed by atoms with E-state index in [0.717, 1.165) is 21.8 Å². The van der Waals surface area contributed by atoms with Crippen LogP contribution in [-0.4, -0.2) is 34.2 Å². The molecular formula is C18H23N3O3S2. The molecule has 0 aliphatic heterocycles. The lowest BCUT2D eigenvalue weighted by Crippen LogP contribution is -2.15.